The molecule has 7 heteroatoms. The van der Waals surface area contributed by atoms with Gasteiger partial charge < -0.3 is 10.2 Å². The third-order valence-corrected chi connectivity index (χ3v) is 6.23. The Labute approximate surface area is 135 Å². The van der Waals surface area contributed by atoms with E-state index < -0.39 is 9.84 Å². The largest absolute Gasteiger partial charge is 0.352 e. The number of nitrogens with one attached hydrogen (secondary N) is 1. The molecule has 2 aliphatic heterocycles. The molecule has 23 heavy (non-hydrogen) atoms. The topological polar surface area (TPSA) is 83.6 Å². The molecular formula is C16H20N2O4S. The molecule has 1 aromatic carbocycles. The number of rotatable bonds is 4. The fraction of sp³-hybridized carbons (Fsp3) is 0.500. The molecule has 1 aromatic rings. The van der Waals surface area contributed by atoms with Crippen LogP contribution in [0.15, 0.2) is 24.3 Å². The second-order valence-electron chi connectivity index (χ2n) is 6.17. The average molecular weight is 336 g/mol. The van der Waals surface area contributed by atoms with E-state index in [9.17, 15) is 18.0 Å². The summed E-state index contributed by atoms with van der Waals surface area (Å²) in [7, 11) is -2.92. The van der Waals surface area contributed by atoms with Gasteiger partial charge in [-0.1, -0.05) is 0 Å². The van der Waals surface area contributed by atoms with Crippen LogP contribution < -0.4 is 10.2 Å². The van der Waals surface area contributed by atoms with Crippen molar-refractivity contribution in [2.24, 2.45) is 5.92 Å². The number of hydrogen-bond acceptors (Lipinski definition) is 4. The third kappa shape index (κ3) is 3.72. The Morgan fingerprint density at radius 2 is 2.00 bits per heavy atom. The smallest absolute Gasteiger partial charge is 0.251 e. The molecule has 1 atom stereocenters. The van der Waals surface area contributed by atoms with Crippen LogP contribution in [0.2, 0.25) is 0 Å². The van der Waals surface area contributed by atoms with Crippen LogP contribution in [0.3, 0.4) is 0 Å². The van der Waals surface area contributed by atoms with Crippen molar-refractivity contribution in [2.75, 3.05) is 29.5 Å². The van der Waals surface area contributed by atoms with Gasteiger partial charge in [0.15, 0.2) is 9.84 Å². The van der Waals surface area contributed by atoms with Crippen LogP contribution in [0.25, 0.3) is 0 Å². The summed E-state index contributed by atoms with van der Waals surface area (Å²) in [5.74, 6) is 0.277. The minimum atomic E-state index is -2.92. The maximum atomic E-state index is 12.1. The number of carbonyl (C=O) groups is 2. The number of amides is 2. The van der Waals surface area contributed by atoms with Crippen molar-refractivity contribution in [3.8, 4) is 0 Å². The van der Waals surface area contributed by atoms with Gasteiger partial charge in [0.2, 0.25) is 5.91 Å². The van der Waals surface area contributed by atoms with Gasteiger partial charge in [-0.05, 0) is 43.0 Å². The molecule has 0 spiro atoms. The lowest BCUT2D eigenvalue weighted by Crippen LogP contribution is -2.30. The number of benzene rings is 1. The zero-order valence-corrected chi connectivity index (χ0v) is 13.6. The lowest BCUT2D eigenvalue weighted by atomic mass is 10.1. The van der Waals surface area contributed by atoms with E-state index in [1.165, 1.54) is 0 Å². The number of carbonyl (C=O) groups excluding carboxylic acids is 2. The highest BCUT2D eigenvalue weighted by Gasteiger charge is 2.28. The number of sulfone groups is 1. The maximum absolute atomic E-state index is 12.1. The van der Waals surface area contributed by atoms with Gasteiger partial charge >= 0.3 is 0 Å². The fourth-order valence-electron chi connectivity index (χ4n) is 3.09. The highest BCUT2D eigenvalue weighted by atomic mass is 32.2. The summed E-state index contributed by atoms with van der Waals surface area (Å²) in [6.07, 6.45) is 2.05. The normalized spacial score (nSPS) is 23.2. The van der Waals surface area contributed by atoms with E-state index in [0.717, 1.165) is 18.7 Å². The van der Waals surface area contributed by atoms with Crippen LogP contribution in [0.4, 0.5) is 5.69 Å². The molecule has 124 valence electrons. The molecule has 2 fully saturated rings. The summed E-state index contributed by atoms with van der Waals surface area (Å²) in [5, 5.41) is 2.79. The minimum Gasteiger partial charge on any atom is -0.352 e. The number of anilines is 1. The molecule has 2 amide bonds. The van der Waals surface area contributed by atoms with E-state index in [1.807, 2.05) is 0 Å². The maximum Gasteiger partial charge on any atom is 0.251 e. The molecule has 1 N–H and O–H groups in total. The standard InChI is InChI=1S/C16H20N2O4S/c19-15-2-1-8-18(15)14-5-3-13(4-6-14)16(20)17-10-12-7-9-23(21,22)11-12/h3-6,12H,1-2,7-11H2,(H,17,20)/t12-/m1/s1. The molecule has 0 radical (unpaired) electrons. The molecule has 3 rings (SSSR count). The number of hydrogen-bond donors (Lipinski definition) is 1. The third-order valence-electron chi connectivity index (χ3n) is 4.39. The Kier molecular flexibility index (Phi) is 4.39. The van der Waals surface area contributed by atoms with E-state index in [0.29, 0.717) is 24.9 Å². The minimum absolute atomic E-state index is 0.00504. The van der Waals surface area contributed by atoms with Crippen LogP contribution in [-0.4, -0.2) is 44.8 Å². The highest BCUT2D eigenvalue weighted by Crippen LogP contribution is 2.22. The van der Waals surface area contributed by atoms with E-state index in [-0.39, 0.29) is 29.2 Å². The van der Waals surface area contributed by atoms with E-state index in [4.69, 9.17) is 0 Å². The van der Waals surface area contributed by atoms with Crippen LogP contribution in [0.5, 0.6) is 0 Å². The molecule has 2 saturated heterocycles. The van der Waals surface area contributed by atoms with Crippen molar-refractivity contribution in [1.82, 2.24) is 5.32 Å². The van der Waals surface area contributed by atoms with Gasteiger partial charge in [-0.2, -0.15) is 0 Å². The highest BCUT2D eigenvalue weighted by molar-refractivity contribution is 7.91. The summed E-state index contributed by atoms with van der Waals surface area (Å²) in [4.78, 5) is 25.5. The predicted octanol–water partition coefficient (Wildman–Crippen LogP) is 0.978. The molecule has 6 nitrogen and oxygen atoms in total. The second kappa shape index (κ2) is 6.31. The predicted molar refractivity (Wildman–Crippen MR) is 87.1 cm³/mol. The summed E-state index contributed by atoms with van der Waals surface area (Å²) < 4.78 is 22.8. The molecule has 0 aromatic heterocycles. The first-order chi connectivity index (χ1) is 10.9. The first-order valence-corrected chi connectivity index (χ1v) is 9.66. The van der Waals surface area contributed by atoms with Crippen LogP contribution in [0, 0.1) is 5.92 Å². The Balaban J connectivity index is 1.56. The Hall–Kier alpha value is -1.89. The Bertz CT molecular complexity index is 712. The summed E-state index contributed by atoms with van der Waals surface area (Å²) in [6.45, 7) is 1.10. The molecular weight excluding hydrogens is 316 g/mol. The lowest BCUT2D eigenvalue weighted by Gasteiger charge is -2.16. The molecule has 0 unspecified atom stereocenters. The average Bonchev–Trinajstić information content (AvgIpc) is 3.10. The number of nitrogens with zero attached hydrogens (tertiary/aromatic N) is 1. The van der Waals surface area contributed by atoms with Crippen molar-refractivity contribution in [1.29, 1.82) is 0 Å². The molecule has 2 heterocycles. The molecule has 0 bridgehead atoms. The summed E-state index contributed by atoms with van der Waals surface area (Å²) in [6, 6.07) is 6.94. The first kappa shape index (κ1) is 16.0. The summed E-state index contributed by atoms with van der Waals surface area (Å²) >= 11 is 0. The van der Waals surface area contributed by atoms with Gasteiger partial charge in [0.05, 0.1) is 11.5 Å². The Morgan fingerprint density at radius 1 is 1.26 bits per heavy atom. The van der Waals surface area contributed by atoms with Crippen LogP contribution >= 0.6 is 0 Å². The first-order valence-electron chi connectivity index (χ1n) is 7.84. The zero-order valence-electron chi connectivity index (χ0n) is 12.8. The van der Waals surface area contributed by atoms with Crippen molar-refractivity contribution in [3.63, 3.8) is 0 Å². The van der Waals surface area contributed by atoms with Gasteiger partial charge in [0.1, 0.15) is 0 Å². The molecule has 2 aliphatic rings. The molecule has 0 aliphatic carbocycles. The van der Waals surface area contributed by atoms with Crippen molar-refractivity contribution >= 4 is 27.3 Å². The quantitative estimate of drug-likeness (QED) is 0.888. The van der Waals surface area contributed by atoms with Gasteiger partial charge in [-0.15, -0.1) is 0 Å². The van der Waals surface area contributed by atoms with Crippen LogP contribution in [-0.2, 0) is 14.6 Å². The van der Waals surface area contributed by atoms with Gasteiger partial charge in [0, 0.05) is 30.8 Å². The SMILES string of the molecule is O=C(NC[C@H]1CCS(=O)(=O)C1)c1ccc(N2CCCC2=O)cc1. The van der Waals surface area contributed by atoms with Gasteiger partial charge in [-0.3, -0.25) is 9.59 Å². The van der Waals surface area contributed by atoms with Gasteiger partial charge in [0.25, 0.3) is 5.91 Å². The van der Waals surface area contributed by atoms with E-state index in [1.54, 1.807) is 29.2 Å². The van der Waals surface area contributed by atoms with Crippen molar-refractivity contribution in [3.05, 3.63) is 29.8 Å². The van der Waals surface area contributed by atoms with E-state index >= 15 is 0 Å². The second-order valence-corrected chi connectivity index (χ2v) is 8.40. The molecule has 0 saturated carbocycles. The monoisotopic (exact) mass is 336 g/mol. The Morgan fingerprint density at radius 3 is 2.57 bits per heavy atom. The van der Waals surface area contributed by atoms with Crippen molar-refractivity contribution in [2.45, 2.75) is 19.3 Å². The van der Waals surface area contributed by atoms with E-state index in [2.05, 4.69) is 5.32 Å². The van der Waals surface area contributed by atoms with Crippen LogP contribution in [0.1, 0.15) is 29.6 Å². The van der Waals surface area contributed by atoms with Crippen molar-refractivity contribution < 1.29 is 18.0 Å². The summed E-state index contributed by atoms with van der Waals surface area (Å²) in [5.41, 5.74) is 1.33. The van der Waals surface area contributed by atoms with Gasteiger partial charge in [-0.25, -0.2) is 8.42 Å². The zero-order chi connectivity index (χ0) is 16.4. The lowest BCUT2D eigenvalue weighted by molar-refractivity contribution is -0.117. The fourth-order valence-corrected chi connectivity index (χ4v) is 4.95.